The number of fused-ring (bicyclic) bond motifs is 1. The summed E-state index contributed by atoms with van der Waals surface area (Å²) in [7, 11) is 0. The minimum absolute atomic E-state index is 0. The van der Waals surface area contributed by atoms with E-state index in [0.29, 0.717) is 11.5 Å². The van der Waals surface area contributed by atoms with Crippen LogP contribution in [0.3, 0.4) is 0 Å². The van der Waals surface area contributed by atoms with Gasteiger partial charge in [-0.2, -0.15) is 0 Å². The van der Waals surface area contributed by atoms with Gasteiger partial charge in [-0.3, -0.25) is 19.8 Å². The Morgan fingerprint density at radius 1 is 1.46 bits per heavy atom. The van der Waals surface area contributed by atoms with Crippen LogP contribution in [-0.4, -0.2) is 54.7 Å². The lowest BCUT2D eigenvalue weighted by Crippen LogP contribution is -2.52. The Hall–Kier alpha value is -2.10. The van der Waals surface area contributed by atoms with Crippen LogP contribution in [0, 0.1) is 10.1 Å². The molecular weight excluding hydrogens is 340 g/mol. The van der Waals surface area contributed by atoms with Crippen LogP contribution in [0.2, 0.25) is 0 Å². The summed E-state index contributed by atoms with van der Waals surface area (Å²) in [5.74, 6) is 0.410. The van der Waals surface area contributed by atoms with E-state index in [0.717, 1.165) is 19.6 Å². The molecule has 0 spiro atoms. The average Bonchev–Trinajstić information content (AvgIpc) is 2.96. The van der Waals surface area contributed by atoms with Crippen LogP contribution in [0.1, 0.15) is 6.92 Å². The molecule has 0 aromatic heterocycles. The molecule has 3 rings (SSSR count). The van der Waals surface area contributed by atoms with Gasteiger partial charge < -0.3 is 20.1 Å². The van der Waals surface area contributed by atoms with Gasteiger partial charge >= 0.3 is 0 Å². The predicted molar refractivity (Wildman–Crippen MR) is 89.0 cm³/mol. The standard InChI is InChI=1S/C14H18N4O5.ClH/c1-9-6-15-2-3-17(9)7-14(19)16-10-4-12-13(23-8-22-12)5-11(10)18(20)21;/h4-5,9,15H,2-3,6-8H2,1H3,(H,16,19);1H/t9-;/m0./s1. The van der Waals surface area contributed by atoms with Gasteiger partial charge in [-0.05, 0) is 6.92 Å². The van der Waals surface area contributed by atoms with E-state index >= 15 is 0 Å². The smallest absolute Gasteiger partial charge is 0.296 e. The fraction of sp³-hybridized carbons (Fsp3) is 0.500. The van der Waals surface area contributed by atoms with E-state index < -0.39 is 4.92 Å². The molecule has 0 bridgehead atoms. The number of ether oxygens (including phenoxy) is 2. The van der Waals surface area contributed by atoms with Gasteiger partial charge in [0, 0.05) is 31.7 Å². The molecule has 9 nitrogen and oxygen atoms in total. The van der Waals surface area contributed by atoms with E-state index in [1.165, 1.54) is 12.1 Å². The van der Waals surface area contributed by atoms with Gasteiger partial charge in [0.25, 0.3) is 5.69 Å². The predicted octanol–water partition coefficient (Wildman–Crippen LogP) is 0.977. The van der Waals surface area contributed by atoms with Crippen LogP contribution in [0.25, 0.3) is 0 Å². The Morgan fingerprint density at radius 3 is 2.83 bits per heavy atom. The van der Waals surface area contributed by atoms with Crippen LogP contribution in [0.4, 0.5) is 11.4 Å². The first-order chi connectivity index (χ1) is 11.0. The van der Waals surface area contributed by atoms with Crippen molar-refractivity contribution < 1.29 is 19.2 Å². The van der Waals surface area contributed by atoms with Crippen LogP contribution in [0.5, 0.6) is 11.5 Å². The third kappa shape index (κ3) is 3.86. The molecule has 1 fully saturated rings. The summed E-state index contributed by atoms with van der Waals surface area (Å²) in [6.45, 7) is 4.64. The van der Waals surface area contributed by atoms with Crippen LogP contribution in [0.15, 0.2) is 12.1 Å². The number of halogens is 1. The summed E-state index contributed by atoms with van der Waals surface area (Å²) in [6.07, 6.45) is 0. The summed E-state index contributed by atoms with van der Waals surface area (Å²) in [4.78, 5) is 24.9. The van der Waals surface area contributed by atoms with Crippen molar-refractivity contribution >= 4 is 29.7 Å². The molecule has 1 aromatic carbocycles. The number of benzene rings is 1. The molecule has 24 heavy (non-hydrogen) atoms. The SMILES string of the molecule is C[C@H]1CNCCN1CC(=O)Nc1cc2c(cc1[N+](=O)[O-])OCO2.Cl. The lowest BCUT2D eigenvalue weighted by Gasteiger charge is -2.33. The molecule has 1 saturated heterocycles. The molecule has 10 heteroatoms. The largest absolute Gasteiger partial charge is 0.454 e. The maximum absolute atomic E-state index is 12.2. The van der Waals surface area contributed by atoms with E-state index in [2.05, 4.69) is 10.6 Å². The Balaban J connectivity index is 0.00000208. The van der Waals surface area contributed by atoms with Crippen molar-refractivity contribution in [1.29, 1.82) is 0 Å². The second kappa shape index (κ2) is 7.65. The highest BCUT2D eigenvalue weighted by Gasteiger charge is 2.26. The molecule has 1 aromatic rings. The summed E-state index contributed by atoms with van der Waals surface area (Å²) in [5, 5.41) is 17.0. The molecule has 132 valence electrons. The molecule has 1 amide bonds. The Kier molecular flexibility index (Phi) is 5.81. The van der Waals surface area contributed by atoms with Gasteiger partial charge in [0.05, 0.1) is 17.5 Å². The summed E-state index contributed by atoms with van der Waals surface area (Å²) in [6, 6.07) is 2.94. The quantitative estimate of drug-likeness (QED) is 0.610. The first-order valence-corrected chi connectivity index (χ1v) is 7.37. The molecule has 2 aliphatic heterocycles. The van der Waals surface area contributed by atoms with Crippen molar-refractivity contribution in [3.8, 4) is 11.5 Å². The van der Waals surface area contributed by atoms with Crippen molar-refractivity contribution in [3.05, 3.63) is 22.2 Å². The van der Waals surface area contributed by atoms with Crippen molar-refractivity contribution in [3.63, 3.8) is 0 Å². The number of carbonyl (C=O) groups excluding carboxylic acids is 1. The number of nitro benzene ring substituents is 1. The summed E-state index contributed by atoms with van der Waals surface area (Å²) >= 11 is 0. The number of anilines is 1. The van der Waals surface area contributed by atoms with Crippen LogP contribution in [-0.2, 0) is 4.79 Å². The highest BCUT2D eigenvalue weighted by Crippen LogP contribution is 2.40. The molecule has 2 aliphatic rings. The zero-order valence-corrected chi connectivity index (χ0v) is 13.9. The lowest BCUT2D eigenvalue weighted by atomic mass is 10.2. The van der Waals surface area contributed by atoms with Gasteiger partial charge in [0.2, 0.25) is 12.7 Å². The van der Waals surface area contributed by atoms with Gasteiger partial charge in [0.15, 0.2) is 11.5 Å². The van der Waals surface area contributed by atoms with E-state index in [1.54, 1.807) is 0 Å². The fourth-order valence-corrected chi connectivity index (χ4v) is 2.67. The number of hydrogen-bond donors (Lipinski definition) is 2. The van der Waals surface area contributed by atoms with Gasteiger partial charge in [0.1, 0.15) is 5.69 Å². The number of rotatable bonds is 4. The first-order valence-electron chi connectivity index (χ1n) is 7.37. The van der Waals surface area contributed by atoms with Crippen molar-refractivity contribution in [2.75, 3.05) is 38.3 Å². The molecule has 0 unspecified atom stereocenters. The number of amides is 1. The maximum Gasteiger partial charge on any atom is 0.296 e. The number of nitrogens with zero attached hydrogens (tertiary/aromatic N) is 2. The van der Waals surface area contributed by atoms with E-state index in [1.807, 2.05) is 11.8 Å². The molecular formula is C14H19ClN4O5. The monoisotopic (exact) mass is 358 g/mol. The van der Waals surface area contributed by atoms with E-state index in [4.69, 9.17) is 9.47 Å². The minimum atomic E-state index is -0.551. The zero-order valence-electron chi connectivity index (χ0n) is 13.1. The molecule has 0 radical (unpaired) electrons. The topological polar surface area (TPSA) is 106 Å². The molecule has 1 atom stereocenters. The van der Waals surface area contributed by atoms with Crippen LogP contribution >= 0.6 is 12.4 Å². The second-order valence-electron chi connectivity index (χ2n) is 5.55. The van der Waals surface area contributed by atoms with Crippen molar-refractivity contribution in [2.24, 2.45) is 0 Å². The number of piperazine rings is 1. The highest BCUT2D eigenvalue weighted by atomic mass is 35.5. The Labute approximate surface area is 144 Å². The minimum Gasteiger partial charge on any atom is -0.454 e. The van der Waals surface area contributed by atoms with Gasteiger partial charge in [-0.25, -0.2) is 0 Å². The molecule has 0 aliphatic carbocycles. The third-order valence-corrected chi connectivity index (χ3v) is 3.95. The third-order valence-electron chi connectivity index (χ3n) is 3.95. The van der Waals surface area contributed by atoms with Crippen molar-refractivity contribution in [1.82, 2.24) is 10.2 Å². The van der Waals surface area contributed by atoms with Gasteiger partial charge in [-0.1, -0.05) is 0 Å². The normalized spacial score (nSPS) is 19.5. The Bertz CT molecular complexity index is 642. The molecule has 2 N–H and O–H groups in total. The van der Waals surface area contributed by atoms with Gasteiger partial charge in [-0.15, -0.1) is 12.4 Å². The lowest BCUT2D eigenvalue weighted by molar-refractivity contribution is -0.384. The number of hydrogen-bond acceptors (Lipinski definition) is 7. The Morgan fingerprint density at radius 2 is 2.17 bits per heavy atom. The number of nitrogens with one attached hydrogen (secondary N) is 2. The van der Waals surface area contributed by atoms with Crippen molar-refractivity contribution in [2.45, 2.75) is 13.0 Å². The zero-order chi connectivity index (χ0) is 16.4. The second-order valence-corrected chi connectivity index (χ2v) is 5.55. The highest BCUT2D eigenvalue weighted by molar-refractivity contribution is 5.95. The van der Waals surface area contributed by atoms with Crippen LogP contribution < -0.4 is 20.1 Å². The average molecular weight is 359 g/mol. The van der Waals surface area contributed by atoms with E-state index in [9.17, 15) is 14.9 Å². The summed E-state index contributed by atoms with van der Waals surface area (Å²) in [5.41, 5.74) is -0.0944. The summed E-state index contributed by atoms with van der Waals surface area (Å²) < 4.78 is 10.3. The first kappa shape index (κ1) is 18.2. The molecule has 2 heterocycles. The molecule has 0 saturated carbocycles. The maximum atomic E-state index is 12.2. The van der Waals surface area contributed by atoms with E-state index in [-0.39, 0.29) is 49.1 Å². The number of carbonyl (C=O) groups is 1. The number of nitro groups is 1. The fourth-order valence-electron chi connectivity index (χ4n) is 2.67.